The van der Waals surface area contributed by atoms with Gasteiger partial charge in [-0.3, -0.25) is 0 Å². The molecule has 0 unspecified atom stereocenters. The smallest absolute Gasteiger partial charge is 0.373 e. The van der Waals surface area contributed by atoms with E-state index in [4.69, 9.17) is 14.3 Å². The topological polar surface area (TPSA) is 84.9 Å². The molecule has 0 saturated heterocycles. The highest BCUT2D eigenvalue weighted by atomic mass is 16.5. The first-order valence-electron chi connectivity index (χ1n) is 7.42. The van der Waals surface area contributed by atoms with E-state index >= 15 is 0 Å². The van der Waals surface area contributed by atoms with E-state index in [0.29, 0.717) is 5.88 Å². The van der Waals surface area contributed by atoms with Gasteiger partial charge in [-0.05, 0) is 40.1 Å². The fraction of sp³-hybridized carbons (Fsp3) is 0. The number of nitrogens with one attached hydrogen (secondary N) is 1. The Labute approximate surface area is 143 Å². The Balaban J connectivity index is 0.000000569. The highest BCUT2D eigenvalue weighted by Gasteiger charge is 2.02. The van der Waals surface area contributed by atoms with Crippen LogP contribution in [0, 0.1) is 0 Å². The number of hydrogen-bond donors (Lipinski definition) is 1. The maximum Gasteiger partial charge on any atom is 0.373 e. The Hall–Kier alpha value is -3.76. The summed E-state index contributed by atoms with van der Waals surface area (Å²) in [7, 11) is 0. The highest BCUT2D eigenvalue weighted by Crippen LogP contribution is 2.27. The summed E-state index contributed by atoms with van der Waals surface area (Å²) in [5, 5.41) is 12.6. The number of carbonyl (C=O) groups excluding carboxylic acids is 2. The van der Waals surface area contributed by atoms with Crippen LogP contribution in [0.2, 0.25) is 0 Å². The first-order valence-corrected chi connectivity index (χ1v) is 7.42. The first kappa shape index (κ1) is 16.1. The van der Waals surface area contributed by atoms with Crippen molar-refractivity contribution in [2.24, 2.45) is 0 Å². The van der Waals surface area contributed by atoms with Crippen molar-refractivity contribution in [2.45, 2.75) is 0 Å². The van der Waals surface area contributed by atoms with Crippen LogP contribution in [0.3, 0.4) is 0 Å². The second-order valence-electron chi connectivity index (χ2n) is 5.08. The van der Waals surface area contributed by atoms with Crippen LogP contribution >= 0.6 is 0 Å². The van der Waals surface area contributed by atoms with Crippen molar-refractivity contribution < 1.29 is 14.3 Å². The van der Waals surface area contributed by atoms with E-state index < -0.39 is 0 Å². The predicted octanol–water partition coefficient (Wildman–Crippen LogP) is 3.83. The van der Waals surface area contributed by atoms with Crippen LogP contribution in [0.4, 0.5) is 0 Å². The number of hydrogen-bond acceptors (Lipinski definition) is 5. The molecule has 6 heteroatoms. The summed E-state index contributed by atoms with van der Waals surface area (Å²) >= 11 is 0. The number of aromatic amines is 1. The van der Waals surface area contributed by atoms with Crippen LogP contribution in [0.25, 0.3) is 21.9 Å². The number of aromatic nitrogens is 3. The Bertz CT molecular complexity index is 990. The molecular weight excluding hydrogens is 318 g/mol. The van der Waals surface area contributed by atoms with E-state index in [1.807, 2.05) is 24.3 Å². The first-order chi connectivity index (χ1) is 12.3. The summed E-state index contributed by atoms with van der Waals surface area (Å²) in [5.74, 6) is 1.19. The molecule has 0 bridgehead atoms. The van der Waals surface area contributed by atoms with E-state index in [0.717, 1.165) is 11.3 Å². The molecule has 0 saturated carbocycles. The average Bonchev–Trinajstić information content (AvgIpc) is 3.16. The largest absolute Gasteiger partial charge is 0.436 e. The molecule has 1 aromatic heterocycles. The molecule has 25 heavy (non-hydrogen) atoms. The molecule has 0 aliphatic carbocycles. The second-order valence-corrected chi connectivity index (χ2v) is 5.08. The fourth-order valence-electron chi connectivity index (χ4n) is 2.45. The standard InChI is InChI=1S/C18H13N3O.CO2/c1-2-4-15-11-16(6-5-13(15)3-1)14-7-9-17(10-8-14)22-18-12-19-21-20-18;2-1-3/h1-12H,(H,19,20,21);. The molecule has 122 valence electrons. The normalized spacial score (nSPS) is 9.76. The fourth-order valence-corrected chi connectivity index (χ4v) is 2.45. The average molecular weight is 331 g/mol. The SMILES string of the molecule is O=C=O.c1ccc2cc(-c3ccc(Oc4cn[nH]n4)cc3)ccc2c1. The summed E-state index contributed by atoms with van der Waals surface area (Å²) < 4.78 is 5.57. The molecule has 0 amide bonds. The van der Waals surface area contributed by atoms with Crippen LogP contribution < -0.4 is 4.74 Å². The number of rotatable bonds is 3. The monoisotopic (exact) mass is 331 g/mol. The molecule has 0 spiro atoms. The van der Waals surface area contributed by atoms with Gasteiger partial charge in [0.05, 0.1) is 0 Å². The van der Waals surface area contributed by atoms with Crippen molar-refractivity contribution >= 4 is 16.9 Å². The van der Waals surface area contributed by atoms with Crippen LogP contribution in [-0.4, -0.2) is 21.6 Å². The second kappa shape index (κ2) is 7.68. The van der Waals surface area contributed by atoms with Crippen LogP contribution in [0.15, 0.2) is 72.9 Å². The molecule has 0 fully saturated rings. The zero-order valence-electron chi connectivity index (χ0n) is 13.0. The molecule has 1 N–H and O–H groups in total. The van der Waals surface area contributed by atoms with Gasteiger partial charge in [0.25, 0.3) is 5.88 Å². The summed E-state index contributed by atoms with van der Waals surface area (Å²) in [4.78, 5) is 16.2. The van der Waals surface area contributed by atoms with Gasteiger partial charge in [-0.2, -0.15) is 19.9 Å². The van der Waals surface area contributed by atoms with E-state index in [2.05, 4.69) is 57.9 Å². The lowest BCUT2D eigenvalue weighted by atomic mass is 10.0. The number of fused-ring (bicyclic) bond motifs is 1. The van der Waals surface area contributed by atoms with Gasteiger partial charge >= 0.3 is 6.15 Å². The van der Waals surface area contributed by atoms with Crippen molar-refractivity contribution in [2.75, 3.05) is 0 Å². The van der Waals surface area contributed by atoms with Gasteiger partial charge in [-0.25, -0.2) is 0 Å². The lowest BCUT2D eigenvalue weighted by molar-refractivity contribution is -0.191. The van der Waals surface area contributed by atoms with E-state index in [1.54, 1.807) is 0 Å². The molecule has 0 aliphatic rings. The molecule has 0 radical (unpaired) electrons. The Morgan fingerprint density at radius 1 is 0.840 bits per heavy atom. The summed E-state index contributed by atoms with van der Waals surface area (Å²) in [6.07, 6.45) is 1.79. The van der Waals surface area contributed by atoms with Gasteiger partial charge in [0.1, 0.15) is 11.9 Å². The van der Waals surface area contributed by atoms with E-state index in [9.17, 15) is 0 Å². The van der Waals surface area contributed by atoms with Gasteiger partial charge in [0.15, 0.2) is 0 Å². The van der Waals surface area contributed by atoms with Crippen LogP contribution in [0.1, 0.15) is 0 Å². The van der Waals surface area contributed by atoms with Crippen molar-refractivity contribution in [1.82, 2.24) is 15.4 Å². The molecule has 1 heterocycles. The molecule has 0 atom stereocenters. The quantitative estimate of drug-likeness (QED) is 0.616. The Morgan fingerprint density at radius 2 is 1.52 bits per heavy atom. The van der Waals surface area contributed by atoms with Crippen molar-refractivity contribution in [3.63, 3.8) is 0 Å². The van der Waals surface area contributed by atoms with E-state index in [1.165, 1.54) is 22.5 Å². The van der Waals surface area contributed by atoms with Gasteiger partial charge < -0.3 is 4.74 Å². The van der Waals surface area contributed by atoms with Gasteiger partial charge in [0.2, 0.25) is 0 Å². The predicted molar refractivity (Wildman–Crippen MR) is 90.8 cm³/mol. The molecule has 4 rings (SSSR count). The van der Waals surface area contributed by atoms with Crippen LogP contribution in [-0.2, 0) is 9.59 Å². The zero-order chi connectivity index (χ0) is 17.5. The third-order valence-electron chi connectivity index (χ3n) is 3.55. The maximum absolute atomic E-state index is 8.12. The third-order valence-corrected chi connectivity index (χ3v) is 3.55. The summed E-state index contributed by atoms with van der Waals surface area (Å²) in [5.41, 5.74) is 2.34. The minimum absolute atomic E-state index is 0.250. The van der Waals surface area contributed by atoms with Crippen LogP contribution in [0.5, 0.6) is 11.6 Å². The van der Waals surface area contributed by atoms with Gasteiger partial charge in [-0.15, -0.1) is 5.10 Å². The van der Waals surface area contributed by atoms with Gasteiger partial charge in [0, 0.05) is 0 Å². The highest BCUT2D eigenvalue weighted by molar-refractivity contribution is 5.87. The Kier molecular flexibility index (Phi) is 4.95. The van der Waals surface area contributed by atoms with Crippen molar-refractivity contribution in [3.8, 4) is 22.8 Å². The lowest BCUT2D eigenvalue weighted by Crippen LogP contribution is -1.85. The van der Waals surface area contributed by atoms with Crippen molar-refractivity contribution in [3.05, 3.63) is 72.9 Å². The van der Waals surface area contributed by atoms with Gasteiger partial charge in [-0.1, -0.05) is 48.5 Å². The number of H-pyrrole nitrogens is 1. The minimum Gasteiger partial charge on any atom is -0.436 e. The molecule has 0 aliphatic heterocycles. The number of benzene rings is 3. The van der Waals surface area contributed by atoms with E-state index in [-0.39, 0.29) is 6.15 Å². The third kappa shape index (κ3) is 3.96. The Morgan fingerprint density at radius 3 is 2.20 bits per heavy atom. The molecule has 6 nitrogen and oxygen atoms in total. The zero-order valence-corrected chi connectivity index (χ0v) is 13.0. The molecule has 4 aromatic rings. The number of nitrogens with zero attached hydrogens (tertiary/aromatic N) is 2. The summed E-state index contributed by atoms with van der Waals surface area (Å²) in [6.45, 7) is 0. The lowest BCUT2D eigenvalue weighted by Gasteiger charge is -2.06. The molecule has 3 aromatic carbocycles. The van der Waals surface area contributed by atoms with Crippen molar-refractivity contribution in [1.29, 1.82) is 0 Å². The minimum atomic E-state index is 0.250. The maximum atomic E-state index is 8.12. The summed E-state index contributed by atoms with van der Waals surface area (Å²) in [6, 6.07) is 22.8. The molecular formula is C19H13N3O3. The number of ether oxygens (including phenoxy) is 1.